The van der Waals surface area contributed by atoms with Gasteiger partial charge in [0, 0.05) is 13.2 Å². The van der Waals surface area contributed by atoms with E-state index in [1.807, 2.05) is 0 Å². The largest absolute Gasteiger partial charge is 0.481 e. The second-order valence-corrected chi connectivity index (χ2v) is 52.8. The van der Waals surface area contributed by atoms with Crippen molar-refractivity contribution in [3.8, 4) is 0 Å². The Morgan fingerprint density at radius 1 is 0.412 bits per heavy atom. The number of rotatable bonds is 29. The fraction of sp³-hybridized carbons (Fsp3) is 0.953. The van der Waals surface area contributed by atoms with Crippen molar-refractivity contribution in [3.63, 3.8) is 0 Å². The normalized spacial score (nSPS) is 12.9. The zero-order valence-electron chi connectivity index (χ0n) is 37.9. The van der Waals surface area contributed by atoms with E-state index < -0.39 is 93.7 Å². The first-order chi connectivity index (χ1) is 24.8. The van der Waals surface area contributed by atoms with Crippen molar-refractivity contribution in [2.45, 2.75) is 238 Å². The third-order valence-electron chi connectivity index (χ3n) is 6.18. The fourth-order valence-electron chi connectivity index (χ4n) is 5.90. The van der Waals surface area contributed by atoms with E-state index in [0.29, 0.717) is 13.2 Å². The van der Waals surface area contributed by atoms with E-state index in [0.717, 1.165) is 24.9 Å². The molecular formula is C43H127O16PSi8. The Morgan fingerprint density at radius 2 is 0.691 bits per heavy atom. The highest BCUT2D eigenvalue weighted by molar-refractivity contribution is 7.46. The fourth-order valence-corrected chi connectivity index (χ4v) is 42.1. The number of carboxylic acid groups (broad SMARTS) is 1. The quantitative estimate of drug-likeness (QED) is 0.0209. The van der Waals surface area contributed by atoms with Gasteiger partial charge >= 0.3 is 54.0 Å². The van der Waals surface area contributed by atoms with Gasteiger partial charge in [0.1, 0.15) is 13.0 Å². The SMILES string of the molecule is C.C.C.C.C.C.C.C.C.C.C.C.C[Si](C)(C)O[Si](C)(C)O[Si](C)(CCCOCCOC(=O)CC(=O)O)O[Si](C)(C)C.C[Si](C)(C)O[Si](C)(C)O[Si](C)(CCCOCCOP(=O)(O)O)O[Si](C)(C)C. The van der Waals surface area contributed by atoms with E-state index in [9.17, 15) is 14.2 Å². The van der Waals surface area contributed by atoms with Crippen LogP contribution < -0.4 is 0 Å². The maximum Gasteiger partial charge on any atom is 0.469 e. The van der Waals surface area contributed by atoms with Crippen LogP contribution in [0, 0.1) is 0 Å². The average molecular weight is 1160 g/mol. The molecule has 0 amide bonds. The summed E-state index contributed by atoms with van der Waals surface area (Å²) in [5.41, 5.74) is 0. The van der Waals surface area contributed by atoms with Crippen LogP contribution >= 0.6 is 7.82 Å². The predicted octanol–water partition coefficient (Wildman–Crippen LogP) is 15.5. The van der Waals surface area contributed by atoms with Crippen LogP contribution in [-0.4, -0.2) is 134 Å². The van der Waals surface area contributed by atoms with Gasteiger partial charge in [-0.15, -0.1) is 0 Å². The highest BCUT2D eigenvalue weighted by atomic mass is 31.2. The van der Waals surface area contributed by atoms with Crippen LogP contribution in [0.4, 0.5) is 0 Å². The molecule has 2 unspecified atom stereocenters. The Kier molecular flexibility index (Phi) is 69.4. The molecule has 0 aliphatic rings. The van der Waals surface area contributed by atoms with Crippen molar-refractivity contribution in [1.29, 1.82) is 0 Å². The second-order valence-electron chi connectivity index (χ2n) is 18.7. The number of hydrogen-bond donors (Lipinski definition) is 3. The predicted molar refractivity (Wildman–Crippen MR) is 321 cm³/mol. The molecule has 0 radical (unpaired) electrons. The number of aliphatic carboxylic acids is 1. The first kappa shape index (κ1) is 105. The van der Waals surface area contributed by atoms with Crippen molar-refractivity contribution >= 4 is 87.3 Å². The molecule has 25 heteroatoms. The number of carbonyl (C=O) groups excluding carboxylic acids is 1. The van der Waals surface area contributed by atoms with Crippen molar-refractivity contribution < 1.29 is 72.5 Å². The summed E-state index contributed by atoms with van der Waals surface area (Å²) >= 11 is 0. The van der Waals surface area contributed by atoms with Crippen LogP contribution in [0.5, 0.6) is 0 Å². The van der Waals surface area contributed by atoms with E-state index in [1.54, 1.807) is 0 Å². The summed E-state index contributed by atoms with van der Waals surface area (Å²) in [6.07, 6.45) is 0.892. The number of hydrogen-bond acceptors (Lipinski definition) is 13. The summed E-state index contributed by atoms with van der Waals surface area (Å²) in [7, 11) is -20.9. The number of carbonyl (C=O) groups is 2. The van der Waals surface area contributed by atoms with Gasteiger partial charge in [-0.1, -0.05) is 89.1 Å². The molecular weight excluding hydrogens is 1030 g/mol. The molecule has 0 saturated heterocycles. The summed E-state index contributed by atoms with van der Waals surface area (Å²) < 4.78 is 69.5. The van der Waals surface area contributed by atoms with Crippen molar-refractivity contribution in [2.75, 3.05) is 39.6 Å². The van der Waals surface area contributed by atoms with Crippen LogP contribution in [-0.2, 0) is 57.6 Å². The van der Waals surface area contributed by atoms with Crippen LogP contribution in [0.1, 0.15) is 108 Å². The van der Waals surface area contributed by atoms with E-state index in [1.165, 1.54) is 0 Å². The molecule has 0 aliphatic heterocycles. The molecule has 3 N–H and O–H groups in total. The third kappa shape index (κ3) is 70.7. The molecule has 0 aliphatic carbocycles. The standard InChI is InChI=1S/C17H40O8Si4.C14H39O8PSi4.12CH4/c1-26(2,3)23-28(7,8)25-29(9,24-27(4,5)6)14-10-11-21-12-13-22-17(20)15-16(18)19;1-24(2,3)20-26(7,8)22-27(9,21-25(4,5)6)14-10-11-18-12-13-19-23(15,16)17;;;;;;;;;;;;/h10-15H2,1-9H3,(H,18,19);10-14H2,1-9H3,(H2,15,16,17);12*1H4. The molecule has 16 nitrogen and oxygen atoms in total. The average Bonchev–Trinajstić information content (AvgIpc) is 2.85. The summed E-state index contributed by atoms with van der Waals surface area (Å²) in [4.78, 5) is 38.8. The number of phosphoric acid groups is 1. The monoisotopic (exact) mass is 1150 g/mol. The molecule has 0 heterocycles. The maximum absolute atomic E-state index is 11.2. The lowest BCUT2D eigenvalue weighted by Gasteiger charge is -2.41. The molecule has 2 atom stereocenters. The summed E-state index contributed by atoms with van der Waals surface area (Å²) in [6.45, 7) is 39.8. The Hall–Kier alpha value is 0.465. The summed E-state index contributed by atoms with van der Waals surface area (Å²) in [5.74, 6) is -1.96. The van der Waals surface area contributed by atoms with Gasteiger partial charge in [-0.05, 0) is 143 Å². The van der Waals surface area contributed by atoms with Crippen molar-refractivity contribution in [2.24, 2.45) is 0 Å². The Labute approximate surface area is 435 Å². The second kappa shape index (κ2) is 44.9. The Balaban J connectivity index is -0.0000000608. The number of carboxylic acids is 1. The highest BCUT2D eigenvalue weighted by Crippen LogP contribution is 2.35. The minimum Gasteiger partial charge on any atom is -0.481 e. The van der Waals surface area contributed by atoms with Crippen molar-refractivity contribution in [3.05, 3.63) is 0 Å². The lowest BCUT2D eigenvalue weighted by Crippen LogP contribution is -2.56. The zero-order valence-corrected chi connectivity index (χ0v) is 46.8. The molecule has 0 saturated carbocycles. The Morgan fingerprint density at radius 3 is 0.941 bits per heavy atom. The number of ether oxygens (including phenoxy) is 3. The molecule has 0 aromatic heterocycles. The van der Waals surface area contributed by atoms with Crippen LogP contribution in [0.2, 0.25) is 130 Å². The van der Waals surface area contributed by atoms with Crippen molar-refractivity contribution in [1.82, 2.24) is 0 Å². The lowest BCUT2D eigenvalue weighted by atomic mass is 10.4. The molecule has 0 aromatic rings. The smallest absolute Gasteiger partial charge is 0.469 e. The van der Waals surface area contributed by atoms with Crippen LogP contribution in [0.3, 0.4) is 0 Å². The highest BCUT2D eigenvalue weighted by Gasteiger charge is 2.45. The third-order valence-corrected chi connectivity index (χ3v) is 33.8. The van der Waals surface area contributed by atoms with Gasteiger partial charge in [-0.2, -0.15) is 0 Å². The molecule has 0 fully saturated rings. The van der Waals surface area contributed by atoms with Gasteiger partial charge in [-0.3, -0.25) is 14.1 Å². The van der Waals surface area contributed by atoms with E-state index in [2.05, 4.69) is 122 Å². The van der Waals surface area contributed by atoms with Gasteiger partial charge in [0.05, 0.1) is 19.8 Å². The van der Waals surface area contributed by atoms with Gasteiger partial charge < -0.3 is 53.8 Å². The summed E-state index contributed by atoms with van der Waals surface area (Å²) in [6, 6.07) is 1.57. The van der Waals surface area contributed by atoms with E-state index >= 15 is 0 Å². The topological polar surface area (TPSA) is 204 Å². The van der Waals surface area contributed by atoms with Gasteiger partial charge in [0.25, 0.3) is 0 Å². The molecule has 68 heavy (non-hydrogen) atoms. The van der Waals surface area contributed by atoms with Gasteiger partial charge in [0.15, 0.2) is 33.3 Å². The first-order valence-corrected chi connectivity index (χ1v) is 45.0. The van der Waals surface area contributed by atoms with Gasteiger partial charge in [0.2, 0.25) is 0 Å². The van der Waals surface area contributed by atoms with E-state index in [4.69, 9.17) is 53.8 Å². The molecule has 0 rings (SSSR count). The number of phosphoric ester groups is 1. The minimum absolute atomic E-state index is 0. The molecule has 0 bridgehead atoms. The van der Waals surface area contributed by atoms with E-state index in [-0.39, 0.29) is 116 Å². The molecule has 0 aromatic carbocycles. The minimum atomic E-state index is -4.43. The Bertz CT molecular complexity index is 1210. The van der Waals surface area contributed by atoms with Crippen LogP contribution in [0.15, 0.2) is 0 Å². The first-order valence-electron chi connectivity index (χ1n) is 19.2. The zero-order chi connectivity index (χ0) is 44.5. The molecule has 0 spiro atoms. The lowest BCUT2D eigenvalue weighted by molar-refractivity contribution is -0.152. The maximum atomic E-state index is 11.2. The van der Waals surface area contributed by atoms with Crippen LogP contribution in [0.25, 0.3) is 0 Å². The van der Waals surface area contributed by atoms with Gasteiger partial charge in [-0.25, -0.2) is 4.57 Å². The number of esters is 1. The summed E-state index contributed by atoms with van der Waals surface area (Å²) in [5, 5.41) is 8.50. The molecule has 432 valence electrons.